The fraction of sp³-hybridized carbons (Fsp3) is 0.474. The smallest absolute Gasteiger partial charge is 0.0133 e. The monoisotopic (exact) mass is 267 g/mol. The summed E-state index contributed by atoms with van der Waals surface area (Å²) in [5.74, 6) is 0. The molecule has 0 saturated heterocycles. The zero-order valence-electron chi connectivity index (χ0n) is 12.7. The van der Waals surface area contributed by atoms with E-state index in [1.165, 1.54) is 42.9 Å². The van der Waals surface area contributed by atoms with Gasteiger partial charge in [-0.1, -0.05) is 61.7 Å². The number of fused-ring (bicyclic) bond motifs is 1. The minimum absolute atomic E-state index is 0.299. The molecule has 2 aromatic rings. The topological polar surface area (TPSA) is 12.0 Å². The van der Waals surface area contributed by atoms with Gasteiger partial charge in [0.25, 0.3) is 0 Å². The molecular weight excluding hydrogens is 242 g/mol. The van der Waals surface area contributed by atoms with Gasteiger partial charge in [-0.2, -0.15) is 0 Å². The lowest BCUT2D eigenvalue weighted by atomic mass is 9.64. The van der Waals surface area contributed by atoms with E-state index in [9.17, 15) is 0 Å². The van der Waals surface area contributed by atoms with Crippen LogP contribution in [0.5, 0.6) is 0 Å². The molecule has 1 atom stereocenters. The molecule has 0 spiro atoms. The van der Waals surface area contributed by atoms with Gasteiger partial charge >= 0.3 is 0 Å². The van der Waals surface area contributed by atoms with Crippen molar-refractivity contribution in [2.24, 2.45) is 0 Å². The van der Waals surface area contributed by atoms with E-state index < -0.39 is 0 Å². The first kappa shape index (κ1) is 13.6. The van der Waals surface area contributed by atoms with Gasteiger partial charge in [0.2, 0.25) is 0 Å². The van der Waals surface area contributed by atoms with Crippen molar-refractivity contribution in [2.45, 2.75) is 50.5 Å². The normalized spacial score (nSPS) is 19.9. The third kappa shape index (κ3) is 2.14. The molecular formula is C19H25N. The van der Waals surface area contributed by atoms with Crippen LogP contribution in [0.4, 0.5) is 0 Å². The molecule has 1 saturated carbocycles. The SMILES string of the molecule is CNC(C)C1(c2cccc3ccccc23)CCCCC1. The number of hydrogen-bond donors (Lipinski definition) is 1. The largest absolute Gasteiger partial charge is 0.316 e. The number of benzene rings is 2. The summed E-state index contributed by atoms with van der Waals surface area (Å²) in [6, 6.07) is 16.2. The Morgan fingerprint density at radius 2 is 1.65 bits per heavy atom. The Morgan fingerprint density at radius 1 is 0.950 bits per heavy atom. The van der Waals surface area contributed by atoms with E-state index in [2.05, 4.69) is 61.8 Å². The Bertz CT molecular complexity index is 576. The molecule has 0 radical (unpaired) electrons. The lowest BCUT2D eigenvalue weighted by molar-refractivity contribution is 0.233. The summed E-state index contributed by atoms with van der Waals surface area (Å²) >= 11 is 0. The number of hydrogen-bond acceptors (Lipinski definition) is 1. The summed E-state index contributed by atoms with van der Waals surface area (Å²) in [5, 5.41) is 6.36. The van der Waals surface area contributed by atoms with Gasteiger partial charge in [0.1, 0.15) is 0 Å². The van der Waals surface area contributed by atoms with Crippen LogP contribution in [0.3, 0.4) is 0 Å². The molecule has 0 aliphatic heterocycles. The van der Waals surface area contributed by atoms with E-state index in [0.717, 1.165) is 0 Å². The summed E-state index contributed by atoms with van der Waals surface area (Å²) in [7, 11) is 2.10. The van der Waals surface area contributed by atoms with Gasteiger partial charge in [-0.3, -0.25) is 0 Å². The summed E-state index contributed by atoms with van der Waals surface area (Å²) in [6.07, 6.45) is 6.72. The number of nitrogens with one attached hydrogen (secondary N) is 1. The Kier molecular flexibility index (Phi) is 3.80. The summed E-state index contributed by atoms with van der Waals surface area (Å²) < 4.78 is 0. The van der Waals surface area contributed by atoms with Gasteiger partial charge < -0.3 is 5.32 Å². The second-order valence-corrected chi connectivity index (χ2v) is 6.25. The van der Waals surface area contributed by atoms with Crippen molar-refractivity contribution in [1.82, 2.24) is 5.32 Å². The average molecular weight is 267 g/mol. The molecule has 1 fully saturated rings. The highest BCUT2D eigenvalue weighted by molar-refractivity contribution is 5.86. The molecule has 0 heterocycles. The summed E-state index contributed by atoms with van der Waals surface area (Å²) in [4.78, 5) is 0. The number of rotatable bonds is 3. The van der Waals surface area contributed by atoms with Crippen LogP contribution >= 0.6 is 0 Å². The average Bonchev–Trinajstić information content (AvgIpc) is 2.54. The highest BCUT2D eigenvalue weighted by Crippen LogP contribution is 2.44. The van der Waals surface area contributed by atoms with Crippen molar-refractivity contribution >= 4 is 10.8 Å². The van der Waals surface area contributed by atoms with E-state index in [-0.39, 0.29) is 0 Å². The highest BCUT2D eigenvalue weighted by atomic mass is 14.9. The first-order valence-corrected chi connectivity index (χ1v) is 7.93. The van der Waals surface area contributed by atoms with Crippen molar-refractivity contribution in [3.8, 4) is 0 Å². The molecule has 106 valence electrons. The molecule has 0 amide bonds. The minimum Gasteiger partial charge on any atom is -0.316 e. The van der Waals surface area contributed by atoms with Crippen LogP contribution in [-0.4, -0.2) is 13.1 Å². The van der Waals surface area contributed by atoms with E-state index >= 15 is 0 Å². The molecule has 3 rings (SSSR count). The first-order valence-electron chi connectivity index (χ1n) is 7.93. The minimum atomic E-state index is 0.299. The van der Waals surface area contributed by atoms with Gasteiger partial charge in [-0.05, 0) is 43.1 Å². The van der Waals surface area contributed by atoms with Gasteiger partial charge in [-0.25, -0.2) is 0 Å². The molecule has 20 heavy (non-hydrogen) atoms. The first-order chi connectivity index (χ1) is 9.78. The molecule has 1 aliphatic rings. The molecule has 0 bridgehead atoms. The molecule has 1 aliphatic carbocycles. The van der Waals surface area contributed by atoms with Crippen LogP contribution in [0, 0.1) is 0 Å². The van der Waals surface area contributed by atoms with Gasteiger partial charge in [0, 0.05) is 11.5 Å². The fourth-order valence-corrected chi connectivity index (χ4v) is 4.05. The Morgan fingerprint density at radius 3 is 2.40 bits per heavy atom. The van der Waals surface area contributed by atoms with Crippen LogP contribution < -0.4 is 5.32 Å². The molecule has 1 heteroatoms. The van der Waals surface area contributed by atoms with Gasteiger partial charge in [0.05, 0.1) is 0 Å². The van der Waals surface area contributed by atoms with E-state index in [1.54, 1.807) is 5.56 Å². The van der Waals surface area contributed by atoms with E-state index in [4.69, 9.17) is 0 Å². The maximum atomic E-state index is 3.54. The fourth-order valence-electron chi connectivity index (χ4n) is 4.05. The maximum absolute atomic E-state index is 3.54. The zero-order valence-corrected chi connectivity index (χ0v) is 12.7. The Balaban J connectivity index is 2.19. The van der Waals surface area contributed by atoms with Gasteiger partial charge in [-0.15, -0.1) is 0 Å². The molecule has 1 nitrogen and oxygen atoms in total. The summed E-state index contributed by atoms with van der Waals surface area (Å²) in [6.45, 7) is 2.35. The Hall–Kier alpha value is -1.34. The molecule has 1 unspecified atom stereocenters. The quantitative estimate of drug-likeness (QED) is 0.853. The highest BCUT2D eigenvalue weighted by Gasteiger charge is 2.39. The van der Waals surface area contributed by atoms with Crippen molar-refractivity contribution in [3.63, 3.8) is 0 Å². The van der Waals surface area contributed by atoms with Crippen LogP contribution in [0.2, 0.25) is 0 Å². The van der Waals surface area contributed by atoms with Crippen molar-refractivity contribution < 1.29 is 0 Å². The van der Waals surface area contributed by atoms with Crippen LogP contribution in [-0.2, 0) is 5.41 Å². The predicted octanol–water partition coefficient (Wildman–Crippen LogP) is 4.65. The lowest BCUT2D eigenvalue weighted by Crippen LogP contribution is -2.46. The van der Waals surface area contributed by atoms with Crippen LogP contribution in [0.1, 0.15) is 44.6 Å². The number of likely N-dealkylation sites (N-methyl/N-ethyl adjacent to an activating group) is 1. The molecule has 0 aromatic heterocycles. The molecule has 2 aromatic carbocycles. The van der Waals surface area contributed by atoms with Crippen molar-refractivity contribution in [1.29, 1.82) is 0 Å². The second kappa shape index (κ2) is 5.57. The third-order valence-corrected chi connectivity index (χ3v) is 5.33. The predicted molar refractivity (Wildman–Crippen MR) is 87.2 cm³/mol. The molecule has 1 N–H and O–H groups in total. The van der Waals surface area contributed by atoms with E-state index in [1.807, 2.05) is 0 Å². The van der Waals surface area contributed by atoms with E-state index in [0.29, 0.717) is 11.5 Å². The zero-order chi connectivity index (χ0) is 14.0. The second-order valence-electron chi connectivity index (χ2n) is 6.25. The Labute approximate surface area is 122 Å². The summed E-state index contributed by atoms with van der Waals surface area (Å²) in [5.41, 5.74) is 1.85. The van der Waals surface area contributed by atoms with Crippen LogP contribution in [0.25, 0.3) is 10.8 Å². The van der Waals surface area contributed by atoms with Crippen molar-refractivity contribution in [3.05, 3.63) is 48.0 Å². The van der Waals surface area contributed by atoms with Crippen molar-refractivity contribution in [2.75, 3.05) is 7.05 Å². The van der Waals surface area contributed by atoms with Crippen LogP contribution in [0.15, 0.2) is 42.5 Å². The van der Waals surface area contributed by atoms with Gasteiger partial charge in [0.15, 0.2) is 0 Å². The lowest BCUT2D eigenvalue weighted by Gasteiger charge is -2.43. The standard InChI is InChI=1S/C19H25N/c1-15(20-2)19(13-6-3-7-14-19)18-12-8-10-16-9-4-5-11-17(16)18/h4-5,8-12,15,20H,3,6-7,13-14H2,1-2H3. The third-order valence-electron chi connectivity index (χ3n) is 5.33. The maximum Gasteiger partial charge on any atom is 0.0133 e.